The predicted molar refractivity (Wildman–Crippen MR) is 165 cm³/mol. The first-order valence-electron chi connectivity index (χ1n) is 14.9. The van der Waals surface area contributed by atoms with Crippen LogP contribution in [0, 0.1) is 11.3 Å². The summed E-state index contributed by atoms with van der Waals surface area (Å²) in [4.78, 5) is 58.9. The molecule has 5 rings (SSSR count). The van der Waals surface area contributed by atoms with Crippen molar-refractivity contribution in [1.82, 2.24) is 29.1 Å². The zero-order chi connectivity index (χ0) is 36.9. The molecule has 2 fully saturated rings. The fourth-order valence-electron chi connectivity index (χ4n) is 5.18. The van der Waals surface area contributed by atoms with E-state index in [1.165, 1.54) is 18.0 Å². The van der Waals surface area contributed by atoms with Gasteiger partial charge in [0.1, 0.15) is 48.5 Å². The average molecular weight is 765 g/mol. The SMILES string of the molecule is COCCOC1C(OP(=O)(O)OC[C@H]2OC(n3ccc(=O)[nH]c3=O)C(O)C2O)[C@@H](COP(=O)(O)OCCC#N)O[C@H]1n1cnc2c(N)ncnc21. The van der Waals surface area contributed by atoms with Gasteiger partial charge >= 0.3 is 21.3 Å². The molecule has 3 aromatic heterocycles. The number of phosphoric acid groups is 2. The van der Waals surface area contributed by atoms with Crippen LogP contribution in [0.4, 0.5) is 5.82 Å². The van der Waals surface area contributed by atoms with Gasteiger partial charge in [-0.1, -0.05) is 0 Å². The molecule has 7 N–H and O–H groups in total. The van der Waals surface area contributed by atoms with Gasteiger partial charge in [0.25, 0.3) is 5.56 Å². The normalized spacial score (nSPS) is 28.8. The van der Waals surface area contributed by atoms with Crippen molar-refractivity contribution >= 4 is 32.6 Å². The minimum atomic E-state index is -5.21. The third-order valence-electron chi connectivity index (χ3n) is 7.53. The summed E-state index contributed by atoms with van der Waals surface area (Å²) >= 11 is 0. The molecule has 0 spiro atoms. The van der Waals surface area contributed by atoms with Gasteiger partial charge in [-0.25, -0.2) is 28.9 Å². The molecule has 7 unspecified atom stereocenters. The smallest absolute Gasteiger partial charge is 0.387 e. The molecule has 26 heteroatoms. The fourth-order valence-corrected chi connectivity index (χ4v) is 6.87. The Morgan fingerprint density at radius 3 is 2.41 bits per heavy atom. The van der Waals surface area contributed by atoms with Gasteiger partial charge in [-0.3, -0.25) is 37.0 Å². The van der Waals surface area contributed by atoms with Gasteiger partial charge in [-0.2, -0.15) is 5.26 Å². The lowest BCUT2D eigenvalue weighted by atomic mass is 10.1. The molecule has 0 saturated carbocycles. The van der Waals surface area contributed by atoms with Crippen LogP contribution in [0.3, 0.4) is 0 Å². The number of nitrogens with zero attached hydrogens (tertiary/aromatic N) is 6. The molecule has 5 heterocycles. The number of fused-ring (bicyclic) bond motifs is 1. The molecule has 0 bridgehead atoms. The van der Waals surface area contributed by atoms with Crippen LogP contribution in [0.25, 0.3) is 11.2 Å². The zero-order valence-electron chi connectivity index (χ0n) is 26.5. The Morgan fingerprint density at radius 2 is 1.69 bits per heavy atom. The maximum Gasteiger partial charge on any atom is 0.472 e. The number of aromatic amines is 1. The second kappa shape index (κ2) is 16.4. The largest absolute Gasteiger partial charge is 0.472 e. The number of nitrogens with one attached hydrogen (secondary N) is 1. The number of H-pyrrole nitrogens is 1. The number of nitrogens with two attached hydrogens (primary N) is 1. The predicted octanol–water partition coefficient (Wildman–Crippen LogP) is -1.94. The lowest BCUT2D eigenvalue weighted by molar-refractivity contribution is -0.0796. The number of ether oxygens (including phenoxy) is 4. The van der Waals surface area contributed by atoms with E-state index in [0.29, 0.717) is 0 Å². The number of rotatable bonds is 17. The fraction of sp³-hybridized carbons (Fsp3) is 0.600. The van der Waals surface area contributed by atoms with Crippen LogP contribution in [0.2, 0.25) is 0 Å². The molecule has 0 aromatic carbocycles. The van der Waals surface area contributed by atoms with Crippen molar-refractivity contribution in [2.45, 2.75) is 55.5 Å². The third kappa shape index (κ3) is 9.12. The number of phosphoric ester groups is 2. The lowest BCUT2D eigenvalue weighted by Gasteiger charge is -2.27. The third-order valence-corrected chi connectivity index (χ3v) is 9.50. The number of hydrogen-bond donors (Lipinski definition) is 6. The van der Waals surface area contributed by atoms with Crippen molar-refractivity contribution < 1.29 is 66.2 Å². The van der Waals surface area contributed by atoms with E-state index >= 15 is 0 Å². The second-order valence-corrected chi connectivity index (χ2v) is 13.7. The zero-order valence-corrected chi connectivity index (χ0v) is 28.3. The summed E-state index contributed by atoms with van der Waals surface area (Å²) in [7, 11) is -8.59. The van der Waals surface area contributed by atoms with Crippen LogP contribution in [0.15, 0.2) is 34.5 Å². The topological polar surface area (TPSA) is 337 Å². The van der Waals surface area contributed by atoms with Crippen LogP contribution in [0.1, 0.15) is 18.9 Å². The Labute approximate surface area is 286 Å². The maximum absolute atomic E-state index is 13.4. The molecule has 0 aliphatic carbocycles. The first-order chi connectivity index (χ1) is 24.2. The van der Waals surface area contributed by atoms with Crippen LogP contribution < -0.4 is 17.0 Å². The van der Waals surface area contributed by atoms with Crippen LogP contribution in [0.5, 0.6) is 0 Å². The maximum atomic E-state index is 13.4. The number of methoxy groups -OCH3 is 1. The lowest BCUT2D eigenvalue weighted by Crippen LogP contribution is -2.39. The molecule has 280 valence electrons. The summed E-state index contributed by atoms with van der Waals surface area (Å²) in [5.74, 6) is 0.0272. The van der Waals surface area contributed by atoms with E-state index in [0.717, 1.165) is 23.2 Å². The van der Waals surface area contributed by atoms with E-state index in [2.05, 4.69) is 15.0 Å². The molecule has 24 nitrogen and oxygen atoms in total. The first kappa shape index (κ1) is 38.7. The molecule has 0 radical (unpaired) electrons. The molecule has 51 heavy (non-hydrogen) atoms. The molecular formula is C25H34N8O16P2. The summed E-state index contributed by atoms with van der Waals surface area (Å²) < 4.78 is 71.2. The molecule has 2 saturated heterocycles. The number of imidazole rings is 1. The van der Waals surface area contributed by atoms with Gasteiger partial charge in [0.15, 0.2) is 23.9 Å². The molecule has 0 amide bonds. The Bertz CT molecular complexity index is 1920. The van der Waals surface area contributed by atoms with E-state index in [1.807, 2.05) is 4.98 Å². The van der Waals surface area contributed by atoms with E-state index < -0.39 is 95.8 Å². The number of aliphatic hydroxyl groups is 2. The summed E-state index contributed by atoms with van der Waals surface area (Å²) in [5.41, 5.74) is 4.59. The van der Waals surface area contributed by atoms with Crippen molar-refractivity contribution in [2.75, 3.05) is 45.9 Å². The minimum absolute atomic E-state index is 0.0272. The highest BCUT2D eigenvalue weighted by atomic mass is 31.2. The van der Waals surface area contributed by atoms with Crippen LogP contribution in [-0.2, 0) is 46.2 Å². The minimum Gasteiger partial charge on any atom is -0.387 e. The van der Waals surface area contributed by atoms with Crippen molar-refractivity contribution in [3.63, 3.8) is 0 Å². The Balaban J connectivity index is 1.38. The highest BCUT2D eigenvalue weighted by Gasteiger charge is 2.52. The van der Waals surface area contributed by atoms with E-state index in [1.54, 1.807) is 6.07 Å². The van der Waals surface area contributed by atoms with Crippen molar-refractivity contribution in [3.05, 3.63) is 45.8 Å². The number of nitrogen functional groups attached to an aromatic ring is 1. The van der Waals surface area contributed by atoms with E-state index in [4.69, 9.17) is 48.0 Å². The molecule has 3 aromatic rings. The van der Waals surface area contributed by atoms with E-state index in [9.17, 15) is 38.7 Å². The first-order valence-corrected chi connectivity index (χ1v) is 17.9. The van der Waals surface area contributed by atoms with Crippen LogP contribution in [-0.4, -0.2) is 126 Å². The van der Waals surface area contributed by atoms with Crippen molar-refractivity contribution in [1.29, 1.82) is 5.26 Å². The van der Waals surface area contributed by atoms with Gasteiger partial charge in [0.2, 0.25) is 0 Å². The van der Waals surface area contributed by atoms with Gasteiger partial charge in [0, 0.05) is 19.4 Å². The Kier molecular flexibility index (Phi) is 12.5. The number of nitriles is 1. The van der Waals surface area contributed by atoms with Gasteiger partial charge in [-0.15, -0.1) is 0 Å². The molecule has 2 aliphatic rings. The van der Waals surface area contributed by atoms with Crippen molar-refractivity contribution in [2.24, 2.45) is 0 Å². The highest BCUT2D eigenvalue weighted by molar-refractivity contribution is 7.47. The quantitative estimate of drug-likeness (QED) is 0.0643. The molecule has 10 atom stereocenters. The van der Waals surface area contributed by atoms with Crippen LogP contribution >= 0.6 is 15.6 Å². The van der Waals surface area contributed by atoms with E-state index in [-0.39, 0.29) is 36.6 Å². The second-order valence-electron chi connectivity index (χ2n) is 10.9. The average Bonchev–Trinajstić information content (AvgIpc) is 3.74. The highest BCUT2D eigenvalue weighted by Crippen LogP contribution is 2.51. The van der Waals surface area contributed by atoms with Crippen molar-refractivity contribution in [3.8, 4) is 6.07 Å². The number of hydrogen-bond acceptors (Lipinski definition) is 19. The summed E-state index contributed by atoms with van der Waals surface area (Å²) in [6.45, 7) is -2.17. The standard InChI is InChI=1S/C25H34N8O16P2/c1-42-7-8-43-20-19(49-51(40,41)46-9-13-17(35)18(36)23(47-13)32-5-3-15(34)31-25(32)37)14(10-45-50(38,39)44-6-2-4-26)48-24(20)33-12-30-16-21(27)28-11-29-22(16)33/h3,5,11-14,17-20,23-24,35-36H,2,6-10H2,1H3,(H,38,39)(H,40,41)(H2,27,28,29)(H,31,34,37)/t13-,14-,17?,18?,19?,20?,23?,24-/m1/s1. The monoisotopic (exact) mass is 764 g/mol. The number of anilines is 1. The molecule has 2 aliphatic heterocycles. The van der Waals surface area contributed by atoms with Gasteiger partial charge in [0.05, 0.1) is 51.9 Å². The summed E-state index contributed by atoms with van der Waals surface area (Å²) in [5, 5.41) is 29.8. The summed E-state index contributed by atoms with van der Waals surface area (Å²) in [6.07, 6.45) is -8.88. The van der Waals surface area contributed by atoms with Gasteiger partial charge < -0.3 is 44.7 Å². The summed E-state index contributed by atoms with van der Waals surface area (Å²) in [6, 6.07) is 2.72. The number of aromatic nitrogens is 6. The number of aliphatic hydroxyl groups excluding tert-OH is 2. The molecular weight excluding hydrogens is 730 g/mol. The Morgan fingerprint density at radius 1 is 0.961 bits per heavy atom. The van der Waals surface area contributed by atoms with Gasteiger partial charge in [-0.05, 0) is 0 Å². The Hall–Kier alpha value is -3.50.